The molecule has 1 atom stereocenters. The van der Waals surface area contributed by atoms with E-state index < -0.39 is 0 Å². The second-order valence-electron chi connectivity index (χ2n) is 5.43. The summed E-state index contributed by atoms with van der Waals surface area (Å²) >= 11 is 0. The number of hydrogen-bond donors (Lipinski definition) is 2. The molecular formula is C17H15N3O3. The van der Waals surface area contributed by atoms with Crippen molar-refractivity contribution < 1.29 is 13.9 Å². The topological polar surface area (TPSA) is 76.4 Å². The molecule has 1 aromatic heterocycles. The molecule has 4 rings (SSSR count). The SMILES string of the molecule is C[C@H](Nc1ccc2c(c1)OCC(=O)N2)c1nc2ccccc2o1. The van der Waals surface area contributed by atoms with Crippen molar-refractivity contribution in [3.05, 3.63) is 48.4 Å². The minimum Gasteiger partial charge on any atom is -0.482 e. The summed E-state index contributed by atoms with van der Waals surface area (Å²) in [7, 11) is 0. The number of nitrogens with one attached hydrogen (secondary N) is 2. The lowest BCUT2D eigenvalue weighted by atomic mass is 10.2. The number of rotatable bonds is 3. The fourth-order valence-corrected chi connectivity index (χ4v) is 2.55. The van der Waals surface area contributed by atoms with Gasteiger partial charge in [-0.3, -0.25) is 4.79 Å². The Morgan fingerprint density at radius 3 is 3.00 bits per heavy atom. The molecule has 2 aromatic carbocycles. The zero-order valence-corrected chi connectivity index (χ0v) is 12.5. The first-order chi connectivity index (χ1) is 11.2. The average molecular weight is 309 g/mol. The van der Waals surface area contributed by atoms with Crippen LogP contribution in [0.25, 0.3) is 11.1 Å². The molecule has 0 spiro atoms. The van der Waals surface area contributed by atoms with Gasteiger partial charge in [0.25, 0.3) is 5.91 Å². The fourth-order valence-electron chi connectivity index (χ4n) is 2.55. The molecule has 23 heavy (non-hydrogen) atoms. The first kappa shape index (κ1) is 13.6. The summed E-state index contributed by atoms with van der Waals surface area (Å²) in [4.78, 5) is 15.8. The summed E-state index contributed by atoms with van der Waals surface area (Å²) < 4.78 is 11.2. The monoisotopic (exact) mass is 309 g/mol. The molecule has 1 aliphatic heterocycles. The third kappa shape index (κ3) is 2.59. The maximum absolute atomic E-state index is 11.3. The van der Waals surface area contributed by atoms with E-state index in [4.69, 9.17) is 9.15 Å². The van der Waals surface area contributed by atoms with Gasteiger partial charge < -0.3 is 19.8 Å². The van der Waals surface area contributed by atoms with Gasteiger partial charge in [-0.05, 0) is 31.2 Å². The number of oxazole rings is 1. The van der Waals surface area contributed by atoms with Crippen LogP contribution in [0, 0.1) is 0 Å². The van der Waals surface area contributed by atoms with Crippen LogP contribution in [-0.4, -0.2) is 17.5 Å². The van der Waals surface area contributed by atoms with Crippen LogP contribution >= 0.6 is 0 Å². The van der Waals surface area contributed by atoms with Gasteiger partial charge in [0.15, 0.2) is 12.2 Å². The summed E-state index contributed by atoms with van der Waals surface area (Å²) in [6.45, 7) is 2.02. The van der Waals surface area contributed by atoms with E-state index in [1.54, 1.807) is 0 Å². The highest BCUT2D eigenvalue weighted by Gasteiger charge is 2.18. The summed E-state index contributed by atoms with van der Waals surface area (Å²) in [5.74, 6) is 1.13. The standard InChI is InChI=1S/C17H15N3O3/c1-10(17-20-12-4-2-3-5-14(12)23-17)18-11-6-7-13-15(8-11)22-9-16(21)19-13/h2-8,10,18H,9H2,1H3,(H,19,21)/t10-/m0/s1. The van der Waals surface area contributed by atoms with Crippen molar-refractivity contribution >= 4 is 28.4 Å². The molecule has 0 fully saturated rings. The Balaban J connectivity index is 1.56. The van der Waals surface area contributed by atoms with Crippen LogP contribution in [0.3, 0.4) is 0 Å². The second-order valence-corrected chi connectivity index (χ2v) is 5.43. The molecule has 2 N–H and O–H groups in total. The van der Waals surface area contributed by atoms with E-state index in [9.17, 15) is 4.79 Å². The van der Waals surface area contributed by atoms with Crippen molar-refractivity contribution in [3.63, 3.8) is 0 Å². The predicted octanol–water partition coefficient (Wildman–Crippen LogP) is 3.33. The van der Waals surface area contributed by atoms with Crippen LogP contribution < -0.4 is 15.4 Å². The molecular weight excluding hydrogens is 294 g/mol. The van der Waals surface area contributed by atoms with Gasteiger partial charge >= 0.3 is 0 Å². The minimum atomic E-state index is -0.141. The van der Waals surface area contributed by atoms with E-state index in [-0.39, 0.29) is 18.6 Å². The van der Waals surface area contributed by atoms with Gasteiger partial charge in [-0.25, -0.2) is 4.98 Å². The van der Waals surface area contributed by atoms with E-state index in [1.807, 2.05) is 49.4 Å². The molecule has 116 valence electrons. The van der Waals surface area contributed by atoms with Crippen LogP contribution in [0.5, 0.6) is 5.75 Å². The summed E-state index contributed by atoms with van der Waals surface area (Å²) in [5, 5.41) is 6.10. The number of para-hydroxylation sites is 2. The second kappa shape index (κ2) is 5.31. The average Bonchev–Trinajstić information content (AvgIpc) is 2.99. The van der Waals surface area contributed by atoms with Crippen LogP contribution in [0.1, 0.15) is 18.9 Å². The minimum absolute atomic E-state index is 0.0388. The number of amides is 1. The number of carbonyl (C=O) groups excluding carboxylic acids is 1. The van der Waals surface area contributed by atoms with Crippen molar-refractivity contribution in [1.29, 1.82) is 0 Å². The van der Waals surface area contributed by atoms with Crippen molar-refractivity contribution in [2.45, 2.75) is 13.0 Å². The first-order valence-corrected chi connectivity index (χ1v) is 7.38. The molecule has 3 aromatic rings. The van der Waals surface area contributed by atoms with Gasteiger partial charge in [0, 0.05) is 11.8 Å². The Kier molecular flexibility index (Phi) is 3.15. The molecule has 6 heteroatoms. The quantitative estimate of drug-likeness (QED) is 0.776. The molecule has 2 heterocycles. The van der Waals surface area contributed by atoms with Gasteiger partial charge in [-0.2, -0.15) is 0 Å². The molecule has 0 saturated heterocycles. The number of fused-ring (bicyclic) bond motifs is 2. The molecule has 1 amide bonds. The summed E-state index contributed by atoms with van der Waals surface area (Å²) in [6.07, 6.45) is 0. The summed E-state index contributed by atoms with van der Waals surface area (Å²) in [6, 6.07) is 13.1. The maximum Gasteiger partial charge on any atom is 0.262 e. The van der Waals surface area contributed by atoms with Gasteiger partial charge in [-0.1, -0.05) is 12.1 Å². The zero-order valence-electron chi connectivity index (χ0n) is 12.5. The van der Waals surface area contributed by atoms with Crippen molar-refractivity contribution in [1.82, 2.24) is 4.98 Å². The van der Waals surface area contributed by atoms with Gasteiger partial charge in [-0.15, -0.1) is 0 Å². The molecule has 6 nitrogen and oxygen atoms in total. The van der Waals surface area contributed by atoms with Crippen molar-refractivity contribution in [2.24, 2.45) is 0 Å². The van der Waals surface area contributed by atoms with Crippen LogP contribution in [0.2, 0.25) is 0 Å². The maximum atomic E-state index is 11.3. The van der Waals surface area contributed by atoms with Crippen LogP contribution in [0.4, 0.5) is 11.4 Å². The largest absolute Gasteiger partial charge is 0.482 e. The molecule has 0 unspecified atom stereocenters. The first-order valence-electron chi connectivity index (χ1n) is 7.38. The van der Waals surface area contributed by atoms with Gasteiger partial charge in [0.05, 0.1) is 5.69 Å². The molecule has 0 aliphatic carbocycles. The fraction of sp³-hybridized carbons (Fsp3) is 0.176. The van der Waals surface area contributed by atoms with Crippen molar-refractivity contribution in [2.75, 3.05) is 17.2 Å². The number of nitrogens with zero attached hydrogens (tertiary/aromatic N) is 1. The Morgan fingerprint density at radius 2 is 2.13 bits per heavy atom. The normalized spacial score (nSPS) is 14.7. The molecule has 0 saturated carbocycles. The Bertz CT molecular complexity index is 855. The molecule has 1 aliphatic rings. The number of ether oxygens (including phenoxy) is 1. The van der Waals surface area contributed by atoms with Gasteiger partial charge in [0.1, 0.15) is 17.3 Å². The number of aromatic nitrogens is 1. The number of carbonyl (C=O) groups is 1. The Morgan fingerprint density at radius 1 is 1.26 bits per heavy atom. The van der Waals surface area contributed by atoms with E-state index >= 15 is 0 Å². The third-order valence-electron chi connectivity index (χ3n) is 3.68. The van der Waals surface area contributed by atoms with E-state index in [0.29, 0.717) is 17.3 Å². The molecule has 0 radical (unpaired) electrons. The Hall–Kier alpha value is -3.02. The lowest BCUT2D eigenvalue weighted by Gasteiger charge is -2.19. The highest BCUT2D eigenvalue weighted by atomic mass is 16.5. The Labute approximate surface area is 132 Å². The molecule has 0 bridgehead atoms. The third-order valence-corrected chi connectivity index (χ3v) is 3.68. The van der Waals surface area contributed by atoms with E-state index in [2.05, 4.69) is 15.6 Å². The van der Waals surface area contributed by atoms with Gasteiger partial charge in [0.2, 0.25) is 5.89 Å². The number of benzene rings is 2. The number of anilines is 2. The van der Waals surface area contributed by atoms with Crippen molar-refractivity contribution in [3.8, 4) is 5.75 Å². The lowest BCUT2D eigenvalue weighted by Crippen LogP contribution is -2.25. The van der Waals surface area contributed by atoms with E-state index in [1.165, 1.54) is 0 Å². The zero-order chi connectivity index (χ0) is 15.8. The smallest absolute Gasteiger partial charge is 0.262 e. The highest BCUT2D eigenvalue weighted by Crippen LogP contribution is 2.32. The number of hydrogen-bond acceptors (Lipinski definition) is 5. The highest BCUT2D eigenvalue weighted by molar-refractivity contribution is 5.95. The lowest BCUT2D eigenvalue weighted by molar-refractivity contribution is -0.118. The van der Waals surface area contributed by atoms with Crippen LogP contribution in [0.15, 0.2) is 46.9 Å². The van der Waals surface area contributed by atoms with E-state index in [0.717, 1.165) is 16.8 Å². The predicted molar refractivity (Wildman–Crippen MR) is 86.6 cm³/mol. The van der Waals surface area contributed by atoms with Crippen LogP contribution in [-0.2, 0) is 4.79 Å². The summed E-state index contributed by atoms with van der Waals surface area (Å²) in [5.41, 5.74) is 3.16.